The van der Waals surface area contributed by atoms with Crippen LogP contribution in [0.4, 0.5) is 18.9 Å². The van der Waals surface area contributed by atoms with Crippen molar-refractivity contribution in [3.8, 4) is 5.75 Å². The first-order valence-corrected chi connectivity index (χ1v) is 13.9. The van der Waals surface area contributed by atoms with Gasteiger partial charge in [0, 0.05) is 38.3 Å². The SMILES string of the molecule is CC(=O)N(C)c1cccc(CCS(=O)(=O)N2CCC3(CC2)N=C(c2cccc(OC(F)(F)F)c2)NC3=O)c1C. The van der Waals surface area contributed by atoms with Crippen molar-refractivity contribution >= 4 is 33.4 Å². The Labute approximate surface area is 224 Å². The van der Waals surface area contributed by atoms with Gasteiger partial charge in [0.15, 0.2) is 0 Å². The summed E-state index contributed by atoms with van der Waals surface area (Å²) in [5.74, 6) is -1.00. The van der Waals surface area contributed by atoms with Gasteiger partial charge in [0.1, 0.15) is 17.1 Å². The van der Waals surface area contributed by atoms with Crippen molar-refractivity contribution < 1.29 is 35.9 Å². The van der Waals surface area contributed by atoms with Crippen LogP contribution in [-0.4, -0.2) is 68.2 Å². The van der Waals surface area contributed by atoms with Crippen molar-refractivity contribution in [2.75, 3.05) is 30.8 Å². The van der Waals surface area contributed by atoms with Gasteiger partial charge in [0.05, 0.1) is 5.75 Å². The van der Waals surface area contributed by atoms with E-state index in [-0.39, 0.29) is 55.4 Å². The maximum atomic E-state index is 13.1. The summed E-state index contributed by atoms with van der Waals surface area (Å²) in [5.41, 5.74) is 1.43. The third kappa shape index (κ3) is 6.25. The zero-order valence-electron chi connectivity index (χ0n) is 21.7. The van der Waals surface area contributed by atoms with E-state index < -0.39 is 33.6 Å². The van der Waals surface area contributed by atoms with E-state index in [2.05, 4.69) is 15.0 Å². The van der Waals surface area contributed by atoms with Gasteiger partial charge in [-0.2, -0.15) is 0 Å². The first-order chi connectivity index (χ1) is 18.2. The lowest BCUT2D eigenvalue weighted by molar-refractivity contribution is -0.274. The maximum absolute atomic E-state index is 13.1. The molecule has 1 spiro atoms. The minimum absolute atomic E-state index is 0.0792. The average molecular weight is 567 g/mol. The van der Waals surface area contributed by atoms with E-state index in [1.807, 2.05) is 13.0 Å². The summed E-state index contributed by atoms with van der Waals surface area (Å²) >= 11 is 0. The molecule has 0 saturated carbocycles. The van der Waals surface area contributed by atoms with Gasteiger partial charge < -0.3 is 15.0 Å². The van der Waals surface area contributed by atoms with E-state index in [4.69, 9.17) is 0 Å². The van der Waals surface area contributed by atoms with Crippen molar-refractivity contribution in [2.24, 2.45) is 4.99 Å². The summed E-state index contributed by atoms with van der Waals surface area (Å²) in [6.07, 6.45) is -4.32. The smallest absolute Gasteiger partial charge is 0.406 e. The number of carbonyl (C=O) groups is 2. The van der Waals surface area contributed by atoms with Crippen LogP contribution < -0.4 is 15.0 Å². The number of aliphatic imine (C=N–C) groups is 1. The first-order valence-electron chi connectivity index (χ1n) is 12.3. The quantitative estimate of drug-likeness (QED) is 0.554. The Morgan fingerprint density at radius 1 is 1.18 bits per heavy atom. The number of nitrogens with one attached hydrogen (secondary N) is 1. The number of carbonyl (C=O) groups excluding carboxylic acids is 2. The summed E-state index contributed by atoms with van der Waals surface area (Å²) < 4.78 is 69.3. The number of amidine groups is 1. The molecule has 13 heteroatoms. The van der Waals surface area contributed by atoms with Gasteiger partial charge in [-0.25, -0.2) is 12.7 Å². The molecule has 0 atom stereocenters. The normalized spacial score (nSPS) is 17.6. The van der Waals surface area contributed by atoms with Crippen LogP contribution >= 0.6 is 0 Å². The van der Waals surface area contributed by atoms with Crippen LogP contribution in [0.1, 0.15) is 36.5 Å². The lowest BCUT2D eigenvalue weighted by Crippen LogP contribution is -2.50. The summed E-state index contributed by atoms with van der Waals surface area (Å²) in [4.78, 5) is 30.6. The van der Waals surface area contributed by atoms with Crippen molar-refractivity contribution in [2.45, 2.75) is 45.0 Å². The van der Waals surface area contributed by atoms with E-state index in [1.54, 1.807) is 19.2 Å². The van der Waals surface area contributed by atoms with Crippen LogP contribution in [0.5, 0.6) is 5.75 Å². The highest BCUT2D eigenvalue weighted by molar-refractivity contribution is 7.89. The predicted octanol–water partition coefficient (Wildman–Crippen LogP) is 3.16. The molecule has 0 bridgehead atoms. The maximum Gasteiger partial charge on any atom is 0.573 e. The van der Waals surface area contributed by atoms with Crippen molar-refractivity contribution in [1.29, 1.82) is 0 Å². The van der Waals surface area contributed by atoms with Crippen LogP contribution in [0.15, 0.2) is 47.5 Å². The number of hydrogen-bond donors (Lipinski definition) is 1. The van der Waals surface area contributed by atoms with Gasteiger partial charge in [-0.3, -0.25) is 14.6 Å². The minimum atomic E-state index is -4.86. The van der Waals surface area contributed by atoms with Gasteiger partial charge >= 0.3 is 6.36 Å². The van der Waals surface area contributed by atoms with Crippen LogP contribution in [0.2, 0.25) is 0 Å². The average Bonchev–Trinajstić information content (AvgIpc) is 3.17. The molecule has 1 N–H and O–H groups in total. The number of sulfonamides is 1. The largest absolute Gasteiger partial charge is 0.573 e. The summed E-state index contributed by atoms with van der Waals surface area (Å²) in [6.45, 7) is 3.46. The summed E-state index contributed by atoms with van der Waals surface area (Å²) in [7, 11) is -1.99. The number of amides is 2. The molecule has 2 aliphatic heterocycles. The highest BCUT2D eigenvalue weighted by Gasteiger charge is 2.47. The number of rotatable bonds is 7. The molecule has 39 heavy (non-hydrogen) atoms. The van der Waals surface area contributed by atoms with Crippen LogP contribution in [0.3, 0.4) is 0 Å². The Bertz CT molecular complexity index is 1420. The minimum Gasteiger partial charge on any atom is -0.406 e. The Balaban J connectivity index is 1.43. The molecule has 4 rings (SSSR count). The topological polar surface area (TPSA) is 108 Å². The third-order valence-electron chi connectivity index (χ3n) is 7.14. The second-order valence-electron chi connectivity index (χ2n) is 9.63. The molecule has 2 aromatic rings. The van der Waals surface area contributed by atoms with Gasteiger partial charge in [0.25, 0.3) is 5.91 Å². The molecule has 1 saturated heterocycles. The van der Waals surface area contributed by atoms with Crippen molar-refractivity contribution in [3.63, 3.8) is 0 Å². The number of hydrogen-bond acceptors (Lipinski definition) is 6. The van der Waals surface area contributed by atoms with Gasteiger partial charge in [0.2, 0.25) is 15.9 Å². The number of anilines is 1. The fourth-order valence-corrected chi connectivity index (χ4v) is 6.28. The standard InChI is InChI=1S/C26H29F3N4O5S/c1-17-19(6-5-9-22(17)32(3)18(2)34)10-15-39(36,37)33-13-11-25(12-14-33)24(35)30-23(31-25)20-7-4-8-21(16-20)38-26(27,28)29/h4-9,16H,10-15H2,1-3H3,(H,30,31,35). The summed E-state index contributed by atoms with van der Waals surface area (Å²) in [6, 6.07) is 10.6. The summed E-state index contributed by atoms with van der Waals surface area (Å²) in [5, 5.41) is 2.63. The number of aryl methyl sites for hydroxylation is 1. The van der Waals surface area contributed by atoms with E-state index in [9.17, 15) is 31.2 Å². The molecule has 0 unspecified atom stereocenters. The number of piperidine rings is 1. The van der Waals surface area contributed by atoms with Gasteiger partial charge in [-0.15, -0.1) is 13.2 Å². The molecule has 1 fully saturated rings. The molecular formula is C26H29F3N4O5S. The van der Waals surface area contributed by atoms with Crippen molar-refractivity contribution in [3.05, 3.63) is 59.2 Å². The van der Waals surface area contributed by atoms with Crippen LogP contribution in [0, 0.1) is 6.92 Å². The van der Waals surface area contributed by atoms with E-state index in [0.717, 1.165) is 23.3 Å². The molecule has 210 valence electrons. The molecule has 2 aromatic carbocycles. The molecule has 0 aromatic heterocycles. The lowest BCUT2D eigenvalue weighted by atomic mass is 9.89. The van der Waals surface area contributed by atoms with Gasteiger partial charge in [-0.1, -0.05) is 24.3 Å². The van der Waals surface area contributed by atoms with Gasteiger partial charge in [-0.05, 0) is 55.5 Å². The second-order valence-corrected chi connectivity index (χ2v) is 11.7. The van der Waals surface area contributed by atoms with E-state index >= 15 is 0 Å². The molecule has 0 radical (unpaired) electrons. The Morgan fingerprint density at radius 3 is 2.49 bits per heavy atom. The number of ether oxygens (including phenoxy) is 1. The van der Waals surface area contributed by atoms with Crippen molar-refractivity contribution in [1.82, 2.24) is 9.62 Å². The van der Waals surface area contributed by atoms with Crippen LogP contribution in [0.25, 0.3) is 0 Å². The number of alkyl halides is 3. The van der Waals surface area contributed by atoms with E-state index in [0.29, 0.717) is 5.69 Å². The lowest BCUT2D eigenvalue weighted by Gasteiger charge is -2.34. The molecule has 0 aliphatic carbocycles. The third-order valence-corrected chi connectivity index (χ3v) is 9.02. The molecular weight excluding hydrogens is 537 g/mol. The zero-order valence-corrected chi connectivity index (χ0v) is 22.5. The number of benzene rings is 2. The molecule has 9 nitrogen and oxygen atoms in total. The second kappa shape index (κ2) is 10.6. The predicted molar refractivity (Wildman–Crippen MR) is 139 cm³/mol. The zero-order chi connectivity index (χ0) is 28.6. The Hall–Kier alpha value is -3.45. The number of nitrogens with zero attached hydrogens (tertiary/aromatic N) is 3. The Morgan fingerprint density at radius 2 is 1.85 bits per heavy atom. The first kappa shape index (κ1) is 28.6. The highest BCUT2D eigenvalue weighted by Crippen LogP contribution is 2.33. The molecule has 2 aliphatic rings. The monoisotopic (exact) mass is 566 g/mol. The Kier molecular flexibility index (Phi) is 7.77. The molecule has 2 heterocycles. The highest BCUT2D eigenvalue weighted by atomic mass is 32.2. The fraction of sp³-hybridized carbons (Fsp3) is 0.423. The van der Waals surface area contributed by atoms with Crippen LogP contribution in [-0.2, 0) is 26.0 Å². The number of halogens is 3. The fourth-order valence-electron chi connectivity index (χ4n) is 4.81. The van der Waals surface area contributed by atoms with E-state index in [1.165, 1.54) is 28.3 Å². The molecule has 2 amide bonds.